The molecule has 0 radical (unpaired) electrons. The van der Waals surface area contributed by atoms with E-state index in [1.54, 1.807) is 18.5 Å². The van der Waals surface area contributed by atoms with Gasteiger partial charge in [0.15, 0.2) is 0 Å². The van der Waals surface area contributed by atoms with E-state index in [0.717, 1.165) is 37.4 Å². The van der Waals surface area contributed by atoms with Crippen molar-refractivity contribution in [3.63, 3.8) is 0 Å². The summed E-state index contributed by atoms with van der Waals surface area (Å²) < 4.78 is 19.4. The van der Waals surface area contributed by atoms with Crippen molar-refractivity contribution in [2.75, 3.05) is 18.0 Å². The minimum absolute atomic E-state index is 0.111. The summed E-state index contributed by atoms with van der Waals surface area (Å²) in [4.78, 5) is 10.9. The average molecular weight is 328 g/mol. The van der Waals surface area contributed by atoms with Crippen molar-refractivity contribution in [1.82, 2.24) is 9.97 Å². The zero-order valence-electron chi connectivity index (χ0n) is 13.4. The number of benzene rings is 1. The minimum atomic E-state index is -0.215. The number of nitrogens with two attached hydrogens (primary N) is 1. The van der Waals surface area contributed by atoms with Gasteiger partial charge in [-0.2, -0.15) is 0 Å². The quantitative estimate of drug-likeness (QED) is 0.912. The van der Waals surface area contributed by atoms with Crippen LogP contribution in [0, 0.1) is 5.82 Å². The number of ether oxygens (including phenoxy) is 1. The smallest absolute Gasteiger partial charge is 0.132 e. The summed E-state index contributed by atoms with van der Waals surface area (Å²) in [6, 6.07) is 9.10. The monoisotopic (exact) mass is 328 g/mol. The van der Waals surface area contributed by atoms with Crippen molar-refractivity contribution < 1.29 is 9.13 Å². The Bertz CT molecular complexity index is 714. The van der Waals surface area contributed by atoms with Crippen LogP contribution in [0.3, 0.4) is 0 Å². The van der Waals surface area contributed by atoms with Gasteiger partial charge in [0.1, 0.15) is 18.0 Å². The maximum Gasteiger partial charge on any atom is 0.132 e. The van der Waals surface area contributed by atoms with Crippen LogP contribution in [0.1, 0.15) is 30.0 Å². The van der Waals surface area contributed by atoms with E-state index in [0.29, 0.717) is 24.1 Å². The van der Waals surface area contributed by atoms with Crippen molar-refractivity contribution in [1.29, 1.82) is 0 Å². The molecule has 1 aliphatic carbocycles. The summed E-state index contributed by atoms with van der Waals surface area (Å²) in [5.74, 6) is 1.19. The highest BCUT2D eigenvalue weighted by molar-refractivity contribution is 5.43. The number of rotatable bonds is 5. The fourth-order valence-electron chi connectivity index (χ4n) is 3.21. The number of hydrogen-bond donors (Lipinski definition) is 1. The SMILES string of the molecule is NC1CC(c2cc(N3CC(OCc4ccccc4F)C3)ncn2)C1. The molecule has 24 heavy (non-hydrogen) atoms. The van der Waals surface area contributed by atoms with Crippen LogP contribution < -0.4 is 10.6 Å². The third kappa shape index (κ3) is 3.12. The number of halogens is 1. The minimum Gasteiger partial charge on any atom is -0.370 e. The molecule has 0 unspecified atom stereocenters. The Hall–Kier alpha value is -2.05. The summed E-state index contributed by atoms with van der Waals surface area (Å²) >= 11 is 0. The normalized spacial score (nSPS) is 23.7. The lowest BCUT2D eigenvalue weighted by Gasteiger charge is -2.40. The van der Waals surface area contributed by atoms with E-state index in [1.807, 2.05) is 6.07 Å². The van der Waals surface area contributed by atoms with Gasteiger partial charge in [0.25, 0.3) is 0 Å². The Morgan fingerprint density at radius 2 is 2.00 bits per heavy atom. The summed E-state index contributed by atoms with van der Waals surface area (Å²) in [6.45, 7) is 1.85. The predicted octanol–water partition coefficient (Wildman–Crippen LogP) is 2.23. The van der Waals surface area contributed by atoms with Crippen molar-refractivity contribution in [3.05, 3.63) is 53.7 Å². The molecule has 0 spiro atoms. The number of anilines is 1. The second-order valence-corrected chi connectivity index (χ2v) is 6.66. The van der Waals surface area contributed by atoms with Gasteiger partial charge in [-0.15, -0.1) is 0 Å². The molecule has 1 aliphatic heterocycles. The van der Waals surface area contributed by atoms with Gasteiger partial charge >= 0.3 is 0 Å². The molecule has 2 aromatic rings. The third-order valence-electron chi connectivity index (χ3n) is 4.87. The first-order valence-electron chi connectivity index (χ1n) is 8.36. The Kier molecular flexibility index (Phi) is 4.16. The van der Waals surface area contributed by atoms with E-state index in [-0.39, 0.29) is 11.9 Å². The van der Waals surface area contributed by atoms with Crippen molar-refractivity contribution >= 4 is 5.82 Å². The maximum absolute atomic E-state index is 13.6. The molecule has 2 N–H and O–H groups in total. The first kappa shape index (κ1) is 15.5. The molecule has 5 nitrogen and oxygen atoms in total. The molecular formula is C18H21FN4O. The Morgan fingerprint density at radius 3 is 2.75 bits per heavy atom. The van der Waals surface area contributed by atoms with Gasteiger partial charge in [0, 0.05) is 42.4 Å². The average Bonchev–Trinajstić information content (AvgIpc) is 2.52. The second kappa shape index (κ2) is 6.45. The first-order valence-corrected chi connectivity index (χ1v) is 8.36. The van der Waals surface area contributed by atoms with Crippen molar-refractivity contribution in [3.8, 4) is 0 Å². The van der Waals surface area contributed by atoms with Crippen LogP contribution in [0.4, 0.5) is 10.2 Å². The standard InChI is InChI=1S/C18H21FN4O/c19-16-4-2-1-3-12(16)10-24-15-8-23(9-15)18-7-17(21-11-22-18)13-5-14(20)6-13/h1-4,7,11,13-15H,5-6,8-10,20H2. The van der Waals surface area contributed by atoms with Crippen LogP contribution in [-0.2, 0) is 11.3 Å². The van der Waals surface area contributed by atoms with Crippen LogP contribution in [-0.4, -0.2) is 35.2 Å². The van der Waals surface area contributed by atoms with Gasteiger partial charge in [0.05, 0.1) is 12.7 Å². The van der Waals surface area contributed by atoms with E-state index in [1.165, 1.54) is 6.07 Å². The van der Waals surface area contributed by atoms with Gasteiger partial charge < -0.3 is 15.4 Å². The van der Waals surface area contributed by atoms with E-state index >= 15 is 0 Å². The van der Waals surface area contributed by atoms with Crippen molar-refractivity contribution in [2.45, 2.75) is 37.5 Å². The molecule has 0 amide bonds. The fraction of sp³-hybridized carbons (Fsp3) is 0.444. The topological polar surface area (TPSA) is 64.3 Å². The fourth-order valence-corrected chi connectivity index (χ4v) is 3.21. The molecule has 2 aliphatic rings. The molecule has 1 aromatic carbocycles. The summed E-state index contributed by atoms with van der Waals surface area (Å²) in [7, 11) is 0. The van der Waals surface area contributed by atoms with Crippen LogP contribution in [0.5, 0.6) is 0 Å². The van der Waals surface area contributed by atoms with Gasteiger partial charge in [-0.25, -0.2) is 14.4 Å². The molecular weight excluding hydrogens is 307 g/mol. The number of hydrogen-bond acceptors (Lipinski definition) is 5. The summed E-state index contributed by atoms with van der Waals surface area (Å²) in [5, 5.41) is 0. The van der Waals surface area contributed by atoms with Gasteiger partial charge in [-0.1, -0.05) is 18.2 Å². The molecule has 2 heterocycles. The number of aromatic nitrogens is 2. The molecule has 0 atom stereocenters. The van der Waals surface area contributed by atoms with Crippen LogP contribution in [0.15, 0.2) is 36.7 Å². The molecule has 2 fully saturated rings. The second-order valence-electron chi connectivity index (χ2n) is 6.66. The van der Waals surface area contributed by atoms with Crippen molar-refractivity contribution in [2.24, 2.45) is 5.73 Å². The molecule has 6 heteroatoms. The van der Waals surface area contributed by atoms with E-state index in [2.05, 4.69) is 20.9 Å². The Balaban J connectivity index is 1.30. The lowest BCUT2D eigenvalue weighted by Crippen LogP contribution is -2.52. The van der Waals surface area contributed by atoms with Gasteiger partial charge in [0.2, 0.25) is 0 Å². The van der Waals surface area contributed by atoms with Crippen LogP contribution >= 0.6 is 0 Å². The zero-order chi connectivity index (χ0) is 16.5. The summed E-state index contributed by atoms with van der Waals surface area (Å²) in [6.07, 6.45) is 3.75. The highest BCUT2D eigenvalue weighted by Crippen LogP contribution is 2.35. The summed E-state index contributed by atoms with van der Waals surface area (Å²) in [5.41, 5.74) is 7.53. The van der Waals surface area contributed by atoms with E-state index in [9.17, 15) is 4.39 Å². The van der Waals surface area contributed by atoms with Crippen LogP contribution in [0.25, 0.3) is 0 Å². The highest BCUT2D eigenvalue weighted by Gasteiger charge is 2.31. The zero-order valence-corrected chi connectivity index (χ0v) is 13.4. The molecule has 126 valence electrons. The highest BCUT2D eigenvalue weighted by atomic mass is 19.1. The van der Waals surface area contributed by atoms with E-state index < -0.39 is 0 Å². The number of nitrogens with zero attached hydrogens (tertiary/aromatic N) is 3. The molecule has 0 bridgehead atoms. The molecule has 1 saturated heterocycles. The lowest BCUT2D eigenvalue weighted by atomic mass is 9.78. The predicted molar refractivity (Wildman–Crippen MR) is 89.2 cm³/mol. The van der Waals surface area contributed by atoms with Crippen LogP contribution in [0.2, 0.25) is 0 Å². The molecule has 1 saturated carbocycles. The first-order chi connectivity index (χ1) is 11.7. The Labute approximate surface area is 140 Å². The Morgan fingerprint density at radius 1 is 1.21 bits per heavy atom. The van der Waals surface area contributed by atoms with Gasteiger partial charge in [-0.05, 0) is 18.9 Å². The molecule has 1 aromatic heterocycles. The molecule has 4 rings (SSSR count). The third-order valence-corrected chi connectivity index (χ3v) is 4.87. The van der Waals surface area contributed by atoms with E-state index in [4.69, 9.17) is 10.5 Å². The lowest BCUT2D eigenvalue weighted by molar-refractivity contribution is 0.0207. The largest absolute Gasteiger partial charge is 0.370 e. The maximum atomic E-state index is 13.6. The van der Waals surface area contributed by atoms with Gasteiger partial charge in [-0.3, -0.25) is 0 Å².